The number of ether oxygens (including phenoxy) is 1. The fraction of sp³-hybridized carbons (Fsp3) is 0.217. The van der Waals surface area contributed by atoms with Crippen LogP contribution in [0.2, 0.25) is 5.02 Å². The fourth-order valence-corrected chi connectivity index (χ4v) is 5.46. The number of β-amino-alcohol motifs (C(OH)–C–C–N with tert-alkyl or cyclic N) is 1. The third kappa shape index (κ3) is 4.84. The molecule has 4 rings (SSSR count). The number of aliphatic hydroxyl groups is 1. The van der Waals surface area contributed by atoms with Crippen LogP contribution in [0.15, 0.2) is 65.6 Å². The summed E-state index contributed by atoms with van der Waals surface area (Å²) in [4.78, 5) is -0.563. The summed E-state index contributed by atoms with van der Waals surface area (Å²) in [6.45, 7) is -0.582. The first-order valence-electron chi connectivity index (χ1n) is 10.0. The van der Waals surface area contributed by atoms with Gasteiger partial charge in [-0.1, -0.05) is 29.8 Å². The molecule has 3 aromatic rings. The van der Waals surface area contributed by atoms with Gasteiger partial charge in [0, 0.05) is 18.1 Å². The number of hydrogen-bond donors (Lipinski definition) is 1. The summed E-state index contributed by atoms with van der Waals surface area (Å²) in [5.74, 6) is -0.374. The molecule has 11 heteroatoms. The van der Waals surface area contributed by atoms with Crippen molar-refractivity contribution in [1.29, 1.82) is 0 Å². The van der Waals surface area contributed by atoms with E-state index in [0.717, 1.165) is 22.5 Å². The van der Waals surface area contributed by atoms with Crippen LogP contribution in [-0.2, 0) is 29.2 Å². The van der Waals surface area contributed by atoms with Crippen molar-refractivity contribution in [2.45, 2.75) is 30.2 Å². The van der Waals surface area contributed by atoms with E-state index in [9.17, 15) is 31.1 Å². The van der Waals surface area contributed by atoms with Gasteiger partial charge in [0.1, 0.15) is 18.2 Å². The second kappa shape index (κ2) is 9.09. The standard InChI is InChI=1S/C23H18ClF4NO4S/c24-20-5-2-6-21(25)19(20)13-33-17-8-7-14-9-16(30)12-29(22(14)11-17)34(31,32)18-4-1-3-15(10-18)23(26,27)28/h1-8,10-11,16,30H,9,12-13H2/t16-/m0/s1. The lowest BCUT2D eigenvalue weighted by atomic mass is 10.0. The van der Waals surface area contributed by atoms with Crippen LogP contribution in [0.1, 0.15) is 16.7 Å². The van der Waals surface area contributed by atoms with Crippen molar-refractivity contribution in [3.8, 4) is 5.75 Å². The van der Waals surface area contributed by atoms with Gasteiger partial charge in [-0.3, -0.25) is 4.31 Å². The Morgan fingerprint density at radius 2 is 1.82 bits per heavy atom. The minimum absolute atomic E-state index is 0.116. The van der Waals surface area contributed by atoms with E-state index in [1.54, 1.807) is 6.07 Å². The van der Waals surface area contributed by atoms with Crippen molar-refractivity contribution in [2.24, 2.45) is 0 Å². The summed E-state index contributed by atoms with van der Waals surface area (Å²) < 4.78 is 86.5. The Balaban J connectivity index is 1.69. The molecule has 0 saturated carbocycles. The topological polar surface area (TPSA) is 66.8 Å². The number of sulfonamides is 1. The largest absolute Gasteiger partial charge is 0.489 e. The van der Waals surface area contributed by atoms with E-state index in [-0.39, 0.29) is 41.6 Å². The number of fused-ring (bicyclic) bond motifs is 1. The van der Waals surface area contributed by atoms with Crippen LogP contribution in [0.5, 0.6) is 5.75 Å². The van der Waals surface area contributed by atoms with Crippen LogP contribution >= 0.6 is 11.6 Å². The first-order valence-corrected chi connectivity index (χ1v) is 11.9. The average molecular weight is 516 g/mol. The maximum absolute atomic E-state index is 14.0. The number of alkyl halides is 3. The van der Waals surface area contributed by atoms with Crippen molar-refractivity contribution < 1.29 is 35.8 Å². The molecule has 5 nitrogen and oxygen atoms in total. The van der Waals surface area contributed by atoms with Gasteiger partial charge in [-0.2, -0.15) is 13.2 Å². The van der Waals surface area contributed by atoms with Gasteiger partial charge >= 0.3 is 6.18 Å². The highest BCUT2D eigenvalue weighted by Gasteiger charge is 2.36. The van der Waals surface area contributed by atoms with Crippen LogP contribution < -0.4 is 9.04 Å². The highest BCUT2D eigenvalue weighted by Crippen LogP contribution is 2.37. The predicted octanol–water partition coefficient (Wildman–Crippen LogP) is 5.19. The molecule has 3 aromatic carbocycles. The molecule has 0 fully saturated rings. The summed E-state index contributed by atoms with van der Waals surface area (Å²) in [6.07, 6.45) is -5.64. The molecular weight excluding hydrogens is 498 g/mol. The molecule has 0 bridgehead atoms. The zero-order chi connectivity index (χ0) is 24.7. The summed E-state index contributed by atoms with van der Waals surface area (Å²) >= 11 is 6.01. The lowest BCUT2D eigenvalue weighted by molar-refractivity contribution is -0.137. The Labute approximate surface area is 198 Å². The van der Waals surface area contributed by atoms with Crippen LogP contribution in [0.3, 0.4) is 0 Å². The number of hydrogen-bond acceptors (Lipinski definition) is 4. The molecule has 0 saturated heterocycles. The molecule has 1 aliphatic heterocycles. The molecule has 1 atom stereocenters. The van der Waals surface area contributed by atoms with Gasteiger partial charge < -0.3 is 9.84 Å². The van der Waals surface area contributed by atoms with Gasteiger partial charge in [0.2, 0.25) is 0 Å². The SMILES string of the molecule is O=S(=O)(c1cccc(C(F)(F)F)c1)N1C[C@@H](O)Cc2ccc(OCc3c(F)cccc3Cl)cc21. The normalized spacial score (nSPS) is 16.3. The Bertz CT molecular complexity index is 1310. The number of aliphatic hydroxyl groups excluding tert-OH is 1. The smallest absolute Gasteiger partial charge is 0.416 e. The van der Waals surface area contributed by atoms with Gasteiger partial charge in [0.05, 0.1) is 33.8 Å². The number of halogens is 5. The van der Waals surface area contributed by atoms with E-state index < -0.39 is 38.6 Å². The summed E-state index contributed by atoms with van der Waals surface area (Å²) in [5, 5.41) is 10.4. The molecule has 0 aromatic heterocycles. The number of benzene rings is 3. The van der Waals surface area contributed by atoms with Crippen LogP contribution in [-0.4, -0.2) is 26.2 Å². The fourth-order valence-electron chi connectivity index (χ4n) is 3.66. The molecule has 0 radical (unpaired) electrons. The van der Waals surface area contributed by atoms with E-state index in [1.165, 1.54) is 30.3 Å². The first kappa shape index (κ1) is 24.3. The number of rotatable bonds is 5. The summed E-state index contributed by atoms with van der Waals surface area (Å²) in [6, 6.07) is 12.0. The van der Waals surface area contributed by atoms with Crippen molar-refractivity contribution in [3.63, 3.8) is 0 Å². The molecule has 0 spiro atoms. The van der Waals surface area contributed by atoms with E-state index >= 15 is 0 Å². The Morgan fingerprint density at radius 1 is 1.09 bits per heavy atom. The Kier molecular flexibility index (Phi) is 6.50. The molecular formula is C23H18ClF4NO4S. The maximum atomic E-state index is 14.0. The lowest BCUT2D eigenvalue weighted by Crippen LogP contribution is -2.42. The molecule has 34 heavy (non-hydrogen) atoms. The first-order chi connectivity index (χ1) is 16.0. The van der Waals surface area contributed by atoms with E-state index in [0.29, 0.717) is 11.6 Å². The number of anilines is 1. The van der Waals surface area contributed by atoms with Crippen molar-refractivity contribution in [1.82, 2.24) is 0 Å². The Morgan fingerprint density at radius 3 is 2.53 bits per heavy atom. The summed E-state index contributed by atoms with van der Waals surface area (Å²) in [7, 11) is -4.45. The van der Waals surface area contributed by atoms with Crippen molar-refractivity contribution >= 4 is 27.3 Å². The van der Waals surface area contributed by atoms with Crippen LogP contribution in [0.4, 0.5) is 23.2 Å². The van der Waals surface area contributed by atoms with E-state index in [4.69, 9.17) is 16.3 Å². The van der Waals surface area contributed by atoms with Gasteiger partial charge in [0.15, 0.2) is 0 Å². The lowest BCUT2D eigenvalue weighted by Gasteiger charge is -2.33. The van der Waals surface area contributed by atoms with Gasteiger partial charge in [-0.25, -0.2) is 12.8 Å². The average Bonchev–Trinajstić information content (AvgIpc) is 2.78. The van der Waals surface area contributed by atoms with Gasteiger partial charge in [0.25, 0.3) is 10.0 Å². The minimum Gasteiger partial charge on any atom is -0.489 e. The third-order valence-corrected chi connectivity index (χ3v) is 7.48. The zero-order valence-corrected chi connectivity index (χ0v) is 19.0. The molecule has 1 N–H and O–H groups in total. The van der Waals surface area contributed by atoms with E-state index in [1.807, 2.05) is 0 Å². The second-order valence-electron chi connectivity index (χ2n) is 7.70. The highest BCUT2D eigenvalue weighted by atomic mass is 35.5. The van der Waals surface area contributed by atoms with Crippen molar-refractivity contribution in [2.75, 3.05) is 10.8 Å². The zero-order valence-electron chi connectivity index (χ0n) is 17.4. The van der Waals surface area contributed by atoms with Crippen molar-refractivity contribution in [3.05, 3.63) is 88.2 Å². The molecule has 1 aliphatic rings. The highest BCUT2D eigenvalue weighted by molar-refractivity contribution is 7.92. The minimum atomic E-state index is -4.72. The Hall–Kier alpha value is -2.82. The predicted molar refractivity (Wildman–Crippen MR) is 118 cm³/mol. The van der Waals surface area contributed by atoms with Crippen LogP contribution in [0.25, 0.3) is 0 Å². The van der Waals surface area contributed by atoms with E-state index in [2.05, 4.69) is 0 Å². The maximum Gasteiger partial charge on any atom is 0.416 e. The second-order valence-corrected chi connectivity index (χ2v) is 9.97. The molecule has 0 aliphatic carbocycles. The number of nitrogens with zero attached hydrogens (tertiary/aromatic N) is 1. The molecule has 0 amide bonds. The van der Waals surface area contributed by atoms with Gasteiger partial charge in [-0.05, 0) is 42.0 Å². The quantitative estimate of drug-likeness (QED) is 0.475. The van der Waals surface area contributed by atoms with Gasteiger partial charge in [-0.15, -0.1) is 0 Å². The molecule has 0 unspecified atom stereocenters. The van der Waals surface area contributed by atoms with Crippen LogP contribution in [0, 0.1) is 5.82 Å². The summed E-state index contributed by atoms with van der Waals surface area (Å²) in [5.41, 5.74) is -0.374. The monoisotopic (exact) mass is 515 g/mol. The molecule has 180 valence electrons. The molecule has 1 heterocycles. The third-order valence-electron chi connectivity index (χ3n) is 5.35.